The van der Waals surface area contributed by atoms with Gasteiger partial charge in [0.2, 0.25) is 0 Å². The van der Waals surface area contributed by atoms with Crippen molar-refractivity contribution in [1.29, 1.82) is 5.26 Å². The molecule has 0 radical (unpaired) electrons. The fourth-order valence-corrected chi connectivity index (χ4v) is 3.85. The fraction of sp³-hybridized carbons (Fsp3) is 0.400. The molecule has 0 bridgehead atoms. The molecule has 0 saturated carbocycles. The summed E-state index contributed by atoms with van der Waals surface area (Å²) >= 11 is 0. The second kappa shape index (κ2) is 7.96. The van der Waals surface area contributed by atoms with E-state index in [1.165, 1.54) is 28.8 Å². The van der Waals surface area contributed by atoms with Crippen molar-refractivity contribution in [2.24, 2.45) is 0 Å². The largest absolute Gasteiger partial charge is 0.322 e. The van der Waals surface area contributed by atoms with E-state index in [1.807, 2.05) is 6.92 Å². The van der Waals surface area contributed by atoms with Gasteiger partial charge in [-0.05, 0) is 25.1 Å². The molecule has 1 aromatic carbocycles. The highest BCUT2D eigenvalue weighted by atomic mass is 19.1. The highest BCUT2D eigenvalue weighted by molar-refractivity contribution is 5.94. The number of carbonyl (C=O) groups is 2. The number of hydrogen-bond donors (Lipinski definition) is 1. The number of urea groups is 1. The molecule has 4 rings (SSSR count). The number of hydroxylamine groups is 2. The van der Waals surface area contributed by atoms with Gasteiger partial charge in [-0.15, -0.1) is 0 Å². The van der Waals surface area contributed by atoms with E-state index in [2.05, 4.69) is 10.4 Å². The molecule has 0 saturated heterocycles. The zero-order chi connectivity index (χ0) is 22.3. The van der Waals surface area contributed by atoms with Crippen LogP contribution in [0.15, 0.2) is 18.2 Å². The minimum absolute atomic E-state index is 0.0853. The first-order valence-corrected chi connectivity index (χ1v) is 9.69. The van der Waals surface area contributed by atoms with E-state index < -0.39 is 30.5 Å². The Balaban J connectivity index is 1.61. The Kier molecular flexibility index (Phi) is 5.32. The number of carbonyl (C=O) groups excluding carboxylic acids is 2. The van der Waals surface area contributed by atoms with Crippen LogP contribution in [0.25, 0.3) is 0 Å². The molecule has 1 aromatic heterocycles. The number of nitriles is 1. The first-order chi connectivity index (χ1) is 14.8. The van der Waals surface area contributed by atoms with E-state index in [1.54, 1.807) is 6.07 Å². The van der Waals surface area contributed by atoms with Crippen molar-refractivity contribution < 1.29 is 23.2 Å². The quantitative estimate of drug-likeness (QED) is 0.787. The van der Waals surface area contributed by atoms with Gasteiger partial charge >= 0.3 is 6.03 Å². The lowest BCUT2D eigenvalue weighted by molar-refractivity contribution is -0.152. The number of nitrogens with one attached hydrogen (secondary N) is 1. The molecule has 2 aliphatic rings. The molecule has 0 fully saturated rings. The Morgan fingerprint density at radius 1 is 1.45 bits per heavy atom. The highest BCUT2D eigenvalue weighted by Gasteiger charge is 2.37. The van der Waals surface area contributed by atoms with Crippen LogP contribution in [0.4, 0.5) is 19.3 Å². The van der Waals surface area contributed by atoms with Crippen LogP contribution in [0.2, 0.25) is 0 Å². The molecule has 0 aliphatic carbocycles. The summed E-state index contributed by atoms with van der Waals surface area (Å²) in [6, 6.07) is 4.78. The first kappa shape index (κ1) is 20.7. The molecule has 3 amide bonds. The monoisotopic (exact) mass is 430 g/mol. The summed E-state index contributed by atoms with van der Waals surface area (Å²) in [7, 11) is 1.41. The summed E-state index contributed by atoms with van der Waals surface area (Å²) in [4.78, 5) is 32.6. The third-order valence-electron chi connectivity index (χ3n) is 5.43. The van der Waals surface area contributed by atoms with Gasteiger partial charge in [0.15, 0.2) is 0 Å². The maximum atomic E-state index is 13.5. The van der Waals surface area contributed by atoms with Crippen LogP contribution >= 0.6 is 0 Å². The summed E-state index contributed by atoms with van der Waals surface area (Å²) in [6.07, 6.45) is -0.422. The summed E-state index contributed by atoms with van der Waals surface area (Å²) in [6.45, 7) is 1.28. The van der Waals surface area contributed by atoms with Gasteiger partial charge in [-0.3, -0.25) is 14.3 Å². The molecule has 2 atom stereocenters. The predicted octanol–water partition coefficient (Wildman–Crippen LogP) is 2.23. The lowest BCUT2D eigenvalue weighted by atomic mass is 9.99. The third kappa shape index (κ3) is 3.70. The highest BCUT2D eigenvalue weighted by Crippen LogP contribution is 2.29. The normalized spacial score (nSPS) is 20.5. The zero-order valence-corrected chi connectivity index (χ0v) is 16.9. The van der Waals surface area contributed by atoms with Crippen LogP contribution in [0.5, 0.6) is 0 Å². The smallest absolute Gasteiger partial charge is 0.317 e. The van der Waals surface area contributed by atoms with E-state index in [-0.39, 0.29) is 36.1 Å². The maximum Gasteiger partial charge on any atom is 0.322 e. The molecular weight excluding hydrogens is 410 g/mol. The van der Waals surface area contributed by atoms with Gasteiger partial charge in [0.25, 0.3) is 5.91 Å². The van der Waals surface area contributed by atoms with Crippen LogP contribution in [-0.2, 0) is 24.3 Å². The fourth-order valence-electron chi connectivity index (χ4n) is 3.85. The van der Waals surface area contributed by atoms with Crippen LogP contribution in [0.3, 0.4) is 0 Å². The molecule has 3 heterocycles. The number of halogens is 2. The molecule has 162 valence electrons. The van der Waals surface area contributed by atoms with Crippen molar-refractivity contribution in [2.45, 2.75) is 38.6 Å². The number of alkyl halides is 1. The number of fused-ring (bicyclic) bond motifs is 3. The van der Waals surface area contributed by atoms with Crippen molar-refractivity contribution in [2.75, 3.05) is 19.0 Å². The second-order valence-electron chi connectivity index (χ2n) is 7.56. The van der Waals surface area contributed by atoms with Crippen LogP contribution in [-0.4, -0.2) is 57.5 Å². The Hall–Kier alpha value is -3.52. The molecule has 0 unspecified atom stereocenters. The number of amides is 3. The van der Waals surface area contributed by atoms with E-state index in [9.17, 15) is 18.4 Å². The third-order valence-corrected chi connectivity index (χ3v) is 5.43. The van der Waals surface area contributed by atoms with Crippen molar-refractivity contribution in [1.82, 2.24) is 19.7 Å². The Labute approximate surface area is 176 Å². The van der Waals surface area contributed by atoms with Crippen molar-refractivity contribution in [3.05, 3.63) is 46.5 Å². The maximum absolute atomic E-state index is 13.5. The van der Waals surface area contributed by atoms with E-state index in [0.717, 1.165) is 11.1 Å². The Morgan fingerprint density at radius 3 is 2.94 bits per heavy atom. The average molecular weight is 430 g/mol. The summed E-state index contributed by atoms with van der Waals surface area (Å²) < 4.78 is 28.2. The number of benzene rings is 1. The van der Waals surface area contributed by atoms with Gasteiger partial charge in [0.1, 0.15) is 30.4 Å². The topological polar surface area (TPSA) is 103 Å². The standard InChI is InChI=1S/C20H20F2N6O3/c1-11-5-17-15(18-19(29)26(2)31-14(7-21)9-28(18)25-17)10-27(11)20(30)24-13-3-4-16(22)12(6-13)8-23/h3-4,6,11,14H,5,7,9-10H2,1-2H3,(H,24,30)/t11-,14-/m1/s1. The SMILES string of the molecule is C[C@@H]1Cc2nn3c(c2CN1C(=O)Nc1ccc(F)c(C#N)c1)C(=O)N(C)O[C@H](CF)C3. The molecule has 31 heavy (non-hydrogen) atoms. The van der Waals surface area contributed by atoms with E-state index in [4.69, 9.17) is 10.1 Å². The summed E-state index contributed by atoms with van der Waals surface area (Å²) in [5.74, 6) is -1.13. The van der Waals surface area contributed by atoms with E-state index in [0.29, 0.717) is 17.7 Å². The predicted molar refractivity (Wildman–Crippen MR) is 104 cm³/mol. The number of hydrogen-bond acceptors (Lipinski definition) is 5. The van der Waals surface area contributed by atoms with Gasteiger partial charge in [0.05, 0.1) is 24.3 Å². The Morgan fingerprint density at radius 2 is 2.23 bits per heavy atom. The minimum atomic E-state index is -0.832. The van der Waals surface area contributed by atoms with Crippen LogP contribution in [0.1, 0.15) is 34.2 Å². The van der Waals surface area contributed by atoms with Crippen LogP contribution in [0, 0.1) is 17.1 Å². The van der Waals surface area contributed by atoms with Gasteiger partial charge in [0, 0.05) is 30.8 Å². The summed E-state index contributed by atoms with van der Waals surface area (Å²) in [5, 5.41) is 17.1. The van der Waals surface area contributed by atoms with Crippen molar-refractivity contribution in [3.8, 4) is 6.07 Å². The molecule has 2 aromatic rings. The number of anilines is 1. The van der Waals surface area contributed by atoms with Gasteiger partial charge in [-0.25, -0.2) is 18.6 Å². The lowest BCUT2D eigenvalue weighted by Gasteiger charge is -2.33. The number of aromatic nitrogens is 2. The molecular formula is C20H20F2N6O3. The van der Waals surface area contributed by atoms with Gasteiger partial charge < -0.3 is 10.2 Å². The summed E-state index contributed by atoms with van der Waals surface area (Å²) in [5.41, 5.74) is 1.65. The van der Waals surface area contributed by atoms with Crippen molar-refractivity contribution >= 4 is 17.6 Å². The molecule has 2 aliphatic heterocycles. The van der Waals surface area contributed by atoms with Gasteiger partial charge in [-0.2, -0.15) is 10.4 Å². The molecule has 9 nitrogen and oxygen atoms in total. The number of rotatable bonds is 2. The van der Waals surface area contributed by atoms with Crippen molar-refractivity contribution in [3.63, 3.8) is 0 Å². The molecule has 0 spiro atoms. The molecule has 1 N–H and O–H groups in total. The van der Waals surface area contributed by atoms with Gasteiger partial charge in [-0.1, -0.05) is 0 Å². The second-order valence-corrected chi connectivity index (χ2v) is 7.56. The lowest BCUT2D eigenvalue weighted by Crippen LogP contribution is -2.45. The molecule has 11 heteroatoms. The van der Waals surface area contributed by atoms with E-state index >= 15 is 0 Å². The average Bonchev–Trinajstić information content (AvgIpc) is 3.03. The zero-order valence-electron chi connectivity index (χ0n) is 16.9. The van der Waals surface area contributed by atoms with Crippen LogP contribution < -0.4 is 5.32 Å². The first-order valence-electron chi connectivity index (χ1n) is 9.69. The minimum Gasteiger partial charge on any atom is -0.317 e. The number of nitrogens with zero attached hydrogens (tertiary/aromatic N) is 5. The Bertz CT molecular complexity index is 1100.